The minimum absolute atomic E-state index is 0.0909. The van der Waals surface area contributed by atoms with Crippen LogP contribution in [0, 0.1) is 5.92 Å². The number of sulfone groups is 1. The molecule has 21 heavy (non-hydrogen) atoms. The number of hydrogen-bond acceptors (Lipinski definition) is 4. The zero-order chi connectivity index (χ0) is 14.9. The first-order valence-corrected chi connectivity index (χ1v) is 10.2. The second-order valence-electron chi connectivity index (χ2n) is 6.90. The van der Waals surface area contributed by atoms with Crippen molar-refractivity contribution in [3.8, 4) is 0 Å². The zero-order valence-corrected chi connectivity index (χ0v) is 13.8. The largest absolute Gasteiger partial charge is 0.311 e. The summed E-state index contributed by atoms with van der Waals surface area (Å²) in [5, 5.41) is 5.17. The van der Waals surface area contributed by atoms with Crippen LogP contribution in [0.3, 0.4) is 0 Å². The minimum Gasteiger partial charge on any atom is -0.311 e. The Morgan fingerprint density at radius 2 is 2.00 bits per heavy atom. The SMILES string of the molecule is CCC1CNC(C2CCCCC2)CN1C1C=CS(=O)(=O)C1. The molecule has 3 rings (SSSR count). The average molecular weight is 312 g/mol. The summed E-state index contributed by atoms with van der Waals surface area (Å²) in [6.45, 7) is 4.21. The fraction of sp³-hybridized carbons (Fsp3) is 0.875. The van der Waals surface area contributed by atoms with Gasteiger partial charge < -0.3 is 5.32 Å². The highest BCUT2D eigenvalue weighted by atomic mass is 32.2. The number of nitrogens with one attached hydrogen (secondary N) is 1. The molecule has 3 atom stereocenters. The van der Waals surface area contributed by atoms with Crippen molar-refractivity contribution in [2.24, 2.45) is 5.92 Å². The van der Waals surface area contributed by atoms with Crippen molar-refractivity contribution >= 4 is 9.84 Å². The Kier molecular flexibility index (Phi) is 4.71. The third kappa shape index (κ3) is 3.51. The summed E-state index contributed by atoms with van der Waals surface area (Å²) in [6, 6.07) is 1.10. The lowest BCUT2D eigenvalue weighted by Crippen LogP contribution is -2.61. The van der Waals surface area contributed by atoms with Crippen molar-refractivity contribution in [3.05, 3.63) is 11.5 Å². The summed E-state index contributed by atoms with van der Waals surface area (Å²) in [5.74, 6) is 1.06. The first-order chi connectivity index (χ1) is 10.1. The summed E-state index contributed by atoms with van der Waals surface area (Å²) in [6.07, 6.45) is 9.75. The molecule has 120 valence electrons. The number of piperazine rings is 1. The molecule has 1 saturated carbocycles. The highest BCUT2D eigenvalue weighted by molar-refractivity contribution is 7.94. The van der Waals surface area contributed by atoms with Crippen LogP contribution in [0.15, 0.2) is 11.5 Å². The predicted molar refractivity (Wildman–Crippen MR) is 85.9 cm³/mol. The molecule has 0 bridgehead atoms. The summed E-state index contributed by atoms with van der Waals surface area (Å²) in [5.41, 5.74) is 0. The third-order valence-electron chi connectivity index (χ3n) is 5.52. The number of hydrogen-bond donors (Lipinski definition) is 1. The maximum atomic E-state index is 11.7. The number of nitrogens with zero attached hydrogens (tertiary/aromatic N) is 1. The van der Waals surface area contributed by atoms with E-state index in [0.29, 0.717) is 12.1 Å². The van der Waals surface area contributed by atoms with Crippen LogP contribution in [0.5, 0.6) is 0 Å². The van der Waals surface area contributed by atoms with E-state index in [1.54, 1.807) is 0 Å². The van der Waals surface area contributed by atoms with Crippen LogP contribution in [0.1, 0.15) is 45.4 Å². The zero-order valence-electron chi connectivity index (χ0n) is 13.0. The van der Waals surface area contributed by atoms with E-state index in [9.17, 15) is 8.42 Å². The molecule has 1 N–H and O–H groups in total. The van der Waals surface area contributed by atoms with E-state index < -0.39 is 9.84 Å². The van der Waals surface area contributed by atoms with E-state index in [2.05, 4.69) is 17.1 Å². The van der Waals surface area contributed by atoms with Gasteiger partial charge in [0.05, 0.1) is 5.75 Å². The van der Waals surface area contributed by atoms with Gasteiger partial charge in [-0.1, -0.05) is 32.3 Å². The monoisotopic (exact) mass is 312 g/mol. The Morgan fingerprint density at radius 3 is 2.62 bits per heavy atom. The van der Waals surface area contributed by atoms with Crippen molar-refractivity contribution in [1.29, 1.82) is 0 Å². The lowest BCUT2D eigenvalue weighted by Gasteiger charge is -2.45. The van der Waals surface area contributed by atoms with Crippen LogP contribution in [-0.2, 0) is 9.84 Å². The summed E-state index contributed by atoms with van der Waals surface area (Å²) < 4.78 is 23.5. The summed E-state index contributed by atoms with van der Waals surface area (Å²) >= 11 is 0. The lowest BCUT2D eigenvalue weighted by atomic mass is 9.82. The molecule has 0 aromatic rings. The molecule has 2 fully saturated rings. The van der Waals surface area contributed by atoms with E-state index >= 15 is 0 Å². The van der Waals surface area contributed by atoms with E-state index in [0.717, 1.165) is 25.4 Å². The smallest absolute Gasteiger partial charge is 0.173 e. The maximum absolute atomic E-state index is 11.7. The Hall–Kier alpha value is -0.390. The molecule has 4 nitrogen and oxygen atoms in total. The third-order valence-corrected chi connectivity index (χ3v) is 6.90. The topological polar surface area (TPSA) is 49.4 Å². The van der Waals surface area contributed by atoms with Crippen molar-refractivity contribution in [2.45, 2.75) is 63.6 Å². The molecule has 1 saturated heterocycles. The fourth-order valence-corrected chi connectivity index (χ4v) is 5.56. The van der Waals surface area contributed by atoms with Crippen molar-refractivity contribution in [2.75, 3.05) is 18.8 Å². The molecule has 0 aromatic heterocycles. The van der Waals surface area contributed by atoms with Crippen molar-refractivity contribution in [1.82, 2.24) is 10.2 Å². The maximum Gasteiger partial charge on any atom is 0.173 e. The molecule has 2 heterocycles. The lowest BCUT2D eigenvalue weighted by molar-refractivity contribution is 0.0787. The van der Waals surface area contributed by atoms with Crippen molar-refractivity contribution in [3.63, 3.8) is 0 Å². The van der Waals surface area contributed by atoms with Crippen LogP contribution in [-0.4, -0.2) is 50.3 Å². The molecule has 0 aromatic carbocycles. The summed E-state index contributed by atoms with van der Waals surface area (Å²) in [4.78, 5) is 2.46. The molecule has 1 aliphatic carbocycles. The highest BCUT2D eigenvalue weighted by Crippen LogP contribution is 2.30. The Labute approximate surface area is 128 Å². The predicted octanol–water partition coefficient (Wildman–Crippen LogP) is 1.93. The van der Waals surface area contributed by atoms with E-state index in [1.165, 1.54) is 37.5 Å². The van der Waals surface area contributed by atoms with Gasteiger partial charge in [0.2, 0.25) is 0 Å². The van der Waals surface area contributed by atoms with Gasteiger partial charge in [-0.05, 0) is 25.2 Å². The number of rotatable bonds is 3. The molecule has 5 heteroatoms. The average Bonchev–Trinajstić information content (AvgIpc) is 2.87. The van der Waals surface area contributed by atoms with Gasteiger partial charge in [0.15, 0.2) is 9.84 Å². The van der Waals surface area contributed by atoms with Gasteiger partial charge in [-0.3, -0.25) is 4.90 Å². The Morgan fingerprint density at radius 1 is 1.24 bits per heavy atom. The Balaban J connectivity index is 1.69. The molecule has 0 amide bonds. The van der Waals surface area contributed by atoms with E-state index in [-0.39, 0.29) is 11.8 Å². The van der Waals surface area contributed by atoms with Crippen LogP contribution < -0.4 is 5.32 Å². The summed E-state index contributed by atoms with van der Waals surface area (Å²) in [7, 11) is -2.96. The first-order valence-electron chi connectivity index (χ1n) is 8.49. The van der Waals surface area contributed by atoms with Gasteiger partial charge in [-0.25, -0.2) is 8.42 Å². The molecule has 2 aliphatic heterocycles. The molecule has 3 aliphatic rings. The van der Waals surface area contributed by atoms with Crippen LogP contribution in [0.25, 0.3) is 0 Å². The quantitative estimate of drug-likeness (QED) is 0.865. The standard InChI is InChI=1S/C16H28N2O2S/c1-2-14-10-17-16(13-6-4-3-5-7-13)11-18(14)15-8-9-21(19,20)12-15/h8-9,13-17H,2-7,10-12H2,1H3. The normalized spacial score (nSPS) is 37.9. The van der Waals surface area contributed by atoms with Gasteiger partial charge in [0.25, 0.3) is 0 Å². The first kappa shape index (κ1) is 15.5. The van der Waals surface area contributed by atoms with Gasteiger partial charge in [0, 0.05) is 36.6 Å². The van der Waals surface area contributed by atoms with E-state index in [4.69, 9.17) is 0 Å². The van der Waals surface area contributed by atoms with E-state index in [1.807, 2.05) is 6.08 Å². The van der Waals surface area contributed by atoms with Gasteiger partial charge >= 0.3 is 0 Å². The highest BCUT2D eigenvalue weighted by Gasteiger charge is 2.37. The molecular formula is C16H28N2O2S. The van der Waals surface area contributed by atoms with Crippen molar-refractivity contribution < 1.29 is 8.42 Å². The molecular weight excluding hydrogens is 284 g/mol. The Bertz CT molecular complexity index is 483. The second kappa shape index (κ2) is 6.39. The minimum atomic E-state index is -2.96. The van der Waals surface area contributed by atoms with Gasteiger partial charge in [0.1, 0.15) is 0 Å². The fourth-order valence-electron chi connectivity index (χ4n) is 4.25. The molecule has 3 unspecified atom stereocenters. The van der Waals surface area contributed by atoms with Crippen LogP contribution >= 0.6 is 0 Å². The molecule has 0 spiro atoms. The second-order valence-corrected chi connectivity index (χ2v) is 8.83. The molecule has 0 radical (unpaired) electrons. The van der Waals surface area contributed by atoms with Crippen LogP contribution in [0.2, 0.25) is 0 Å². The van der Waals surface area contributed by atoms with Gasteiger partial charge in [-0.2, -0.15) is 0 Å². The van der Waals surface area contributed by atoms with Crippen LogP contribution in [0.4, 0.5) is 0 Å². The van der Waals surface area contributed by atoms with Gasteiger partial charge in [-0.15, -0.1) is 0 Å².